The molecule has 1 aliphatic carbocycles. The molecule has 1 amide bonds. The number of ether oxygens (including phenoxy) is 2. The lowest BCUT2D eigenvalue weighted by atomic mass is 10.1. The molecule has 2 atom stereocenters. The number of morpholine rings is 1. The summed E-state index contributed by atoms with van der Waals surface area (Å²) in [5, 5.41) is 0. The van der Waals surface area contributed by atoms with Gasteiger partial charge in [0.05, 0.1) is 31.4 Å². The van der Waals surface area contributed by atoms with Crippen LogP contribution in [0, 0.1) is 5.92 Å². The van der Waals surface area contributed by atoms with Gasteiger partial charge in [-0.3, -0.25) is 9.69 Å². The number of hydrogen-bond acceptors (Lipinski definition) is 5. The zero-order valence-corrected chi connectivity index (χ0v) is 13.5. The largest absolute Gasteiger partial charge is 0.481 e. The molecular weight excluding hydrogens is 294 g/mol. The van der Waals surface area contributed by atoms with Gasteiger partial charge in [-0.25, -0.2) is 4.98 Å². The average Bonchev–Trinajstić information content (AvgIpc) is 3.29. The van der Waals surface area contributed by atoms with Gasteiger partial charge in [0.1, 0.15) is 0 Å². The lowest BCUT2D eigenvalue weighted by molar-refractivity contribution is -0.0484. The maximum absolute atomic E-state index is 12.7. The highest BCUT2D eigenvalue weighted by Gasteiger charge is 2.43. The quantitative estimate of drug-likeness (QED) is 0.830. The van der Waals surface area contributed by atoms with Crippen LogP contribution in [0.3, 0.4) is 0 Å². The van der Waals surface area contributed by atoms with Crippen LogP contribution in [0.1, 0.15) is 23.2 Å². The van der Waals surface area contributed by atoms with E-state index in [4.69, 9.17) is 9.47 Å². The van der Waals surface area contributed by atoms with E-state index >= 15 is 0 Å². The zero-order chi connectivity index (χ0) is 15.8. The Morgan fingerprint density at radius 1 is 1.39 bits per heavy atom. The number of hydrogen-bond donors (Lipinski definition) is 0. The van der Waals surface area contributed by atoms with Crippen molar-refractivity contribution < 1.29 is 14.3 Å². The number of likely N-dealkylation sites (tertiary alicyclic amines) is 1. The smallest absolute Gasteiger partial charge is 0.255 e. The fourth-order valence-corrected chi connectivity index (χ4v) is 3.59. The Morgan fingerprint density at radius 2 is 2.26 bits per heavy atom. The van der Waals surface area contributed by atoms with Crippen LogP contribution >= 0.6 is 0 Å². The number of carbonyl (C=O) groups excluding carboxylic acids is 1. The molecule has 124 valence electrons. The molecule has 3 heterocycles. The number of rotatable bonds is 4. The Morgan fingerprint density at radius 3 is 2.96 bits per heavy atom. The van der Waals surface area contributed by atoms with Crippen LogP contribution in [-0.4, -0.2) is 72.7 Å². The van der Waals surface area contributed by atoms with Gasteiger partial charge >= 0.3 is 0 Å². The molecule has 1 saturated carbocycles. The third kappa shape index (κ3) is 3.05. The first-order valence-electron chi connectivity index (χ1n) is 8.39. The molecule has 23 heavy (non-hydrogen) atoms. The monoisotopic (exact) mass is 317 g/mol. The lowest BCUT2D eigenvalue weighted by Gasteiger charge is -2.36. The molecule has 2 aliphatic heterocycles. The molecule has 0 unspecified atom stereocenters. The first kappa shape index (κ1) is 14.9. The molecule has 0 N–H and O–H groups in total. The third-order valence-corrected chi connectivity index (χ3v) is 5.09. The molecule has 0 bridgehead atoms. The van der Waals surface area contributed by atoms with Crippen LogP contribution in [0.4, 0.5) is 0 Å². The van der Waals surface area contributed by atoms with E-state index in [2.05, 4.69) is 9.88 Å². The Hall–Kier alpha value is -1.66. The van der Waals surface area contributed by atoms with E-state index in [1.165, 1.54) is 12.8 Å². The van der Waals surface area contributed by atoms with Crippen LogP contribution < -0.4 is 4.74 Å². The van der Waals surface area contributed by atoms with Crippen molar-refractivity contribution in [2.24, 2.45) is 5.92 Å². The van der Waals surface area contributed by atoms with Gasteiger partial charge in [0, 0.05) is 38.4 Å². The molecule has 0 radical (unpaired) electrons. The fraction of sp³-hybridized carbons (Fsp3) is 0.647. The first-order chi connectivity index (χ1) is 11.2. The number of carbonyl (C=O) groups is 1. The van der Waals surface area contributed by atoms with Crippen molar-refractivity contribution in [2.75, 3.05) is 39.9 Å². The Balaban J connectivity index is 1.44. The number of amides is 1. The predicted molar refractivity (Wildman–Crippen MR) is 84.5 cm³/mol. The summed E-state index contributed by atoms with van der Waals surface area (Å²) < 4.78 is 11.0. The molecule has 6 heteroatoms. The molecular formula is C17H23N3O3. The normalized spacial score (nSPS) is 27.8. The predicted octanol–water partition coefficient (Wildman–Crippen LogP) is 1.03. The van der Waals surface area contributed by atoms with Crippen molar-refractivity contribution in [1.29, 1.82) is 0 Å². The van der Waals surface area contributed by atoms with Gasteiger partial charge in [0.2, 0.25) is 5.88 Å². The molecule has 4 rings (SSSR count). The van der Waals surface area contributed by atoms with Crippen LogP contribution in [-0.2, 0) is 4.74 Å². The summed E-state index contributed by atoms with van der Waals surface area (Å²) in [6.45, 7) is 4.36. The summed E-state index contributed by atoms with van der Waals surface area (Å²) >= 11 is 0. The van der Waals surface area contributed by atoms with Crippen LogP contribution in [0.25, 0.3) is 0 Å². The van der Waals surface area contributed by atoms with Gasteiger partial charge in [-0.2, -0.15) is 0 Å². The summed E-state index contributed by atoms with van der Waals surface area (Å²) in [4.78, 5) is 21.3. The minimum Gasteiger partial charge on any atom is -0.481 e. The van der Waals surface area contributed by atoms with Gasteiger partial charge in [0.25, 0.3) is 5.91 Å². The van der Waals surface area contributed by atoms with Crippen LogP contribution in [0.2, 0.25) is 0 Å². The highest BCUT2D eigenvalue weighted by molar-refractivity contribution is 5.94. The van der Waals surface area contributed by atoms with E-state index in [-0.39, 0.29) is 12.0 Å². The van der Waals surface area contributed by atoms with E-state index in [1.54, 1.807) is 25.4 Å². The summed E-state index contributed by atoms with van der Waals surface area (Å²) in [6, 6.07) is 3.85. The molecule has 2 saturated heterocycles. The number of methoxy groups -OCH3 is 1. The number of aromatic nitrogens is 1. The molecule has 0 spiro atoms. The minimum atomic E-state index is 0.0320. The zero-order valence-electron chi connectivity index (χ0n) is 13.5. The third-order valence-electron chi connectivity index (χ3n) is 5.09. The fourth-order valence-electron chi connectivity index (χ4n) is 3.59. The number of fused-ring (bicyclic) bond motifs is 1. The van der Waals surface area contributed by atoms with Crippen molar-refractivity contribution >= 4 is 5.91 Å². The molecule has 3 aliphatic rings. The topological polar surface area (TPSA) is 54.9 Å². The summed E-state index contributed by atoms with van der Waals surface area (Å²) in [5.74, 6) is 1.42. The summed E-state index contributed by atoms with van der Waals surface area (Å²) in [5.41, 5.74) is 0.609. The van der Waals surface area contributed by atoms with Crippen LogP contribution in [0.5, 0.6) is 5.88 Å². The molecule has 3 fully saturated rings. The molecule has 1 aromatic rings. The second-order valence-electron chi connectivity index (χ2n) is 6.71. The summed E-state index contributed by atoms with van der Waals surface area (Å²) in [6.07, 6.45) is 4.45. The van der Waals surface area contributed by atoms with E-state index < -0.39 is 0 Å². The molecule has 1 aromatic heterocycles. The van der Waals surface area contributed by atoms with Gasteiger partial charge in [-0.1, -0.05) is 0 Å². The van der Waals surface area contributed by atoms with Crippen molar-refractivity contribution in [3.8, 4) is 5.88 Å². The Bertz CT molecular complexity index is 573. The van der Waals surface area contributed by atoms with Gasteiger partial charge in [0.15, 0.2) is 0 Å². The van der Waals surface area contributed by atoms with Gasteiger partial charge in [-0.15, -0.1) is 0 Å². The van der Waals surface area contributed by atoms with Gasteiger partial charge < -0.3 is 14.4 Å². The van der Waals surface area contributed by atoms with Crippen molar-refractivity contribution in [3.05, 3.63) is 23.9 Å². The Labute approximate surface area is 136 Å². The second kappa shape index (κ2) is 6.09. The maximum atomic E-state index is 12.7. The second-order valence-corrected chi connectivity index (χ2v) is 6.71. The standard InChI is InChI=1S/C17H23N3O3/c1-22-16-5-4-13(8-18-16)17(21)20-10-14-15(11-20)23-7-6-19(14)9-12-2-3-12/h4-5,8,12,14-15H,2-3,6-7,9-11H2,1H3/t14-,15-/m0/s1. The first-order valence-corrected chi connectivity index (χ1v) is 8.39. The minimum absolute atomic E-state index is 0.0320. The Kier molecular flexibility index (Phi) is 3.95. The van der Waals surface area contributed by atoms with Crippen LogP contribution in [0.15, 0.2) is 18.3 Å². The SMILES string of the molecule is COc1ccc(C(=O)N2C[C@@H]3OCCN(CC4CC4)[C@H]3C2)cn1. The highest BCUT2D eigenvalue weighted by Crippen LogP contribution is 2.33. The molecule has 6 nitrogen and oxygen atoms in total. The number of pyridine rings is 1. The van der Waals surface area contributed by atoms with E-state index in [1.807, 2.05) is 4.90 Å². The summed E-state index contributed by atoms with van der Waals surface area (Å²) in [7, 11) is 1.57. The number of nitrogens with zero attached hydrogens (tertiary/aromatic N) is 3. The van der Waals surface area contributed by atoms with Crippen molar-refractivity contribution in [3.63, 3.8) is 0 Å². The van der Waals surface area contributed by atoms with Gasteiger partial charge in [-0.05, 0) is 24.8 Å². The van der Waals surface area contributed by atoms with E-state index in [0.717, 1.165) is 32.2 Å². The lowest BCUT2D eigenvalue weighted by Crippen LogP contribution is -2.51. The van der Waals surface area contributed by atoms with Crippen molar-refractivity contribution in [1.82, 2.24) is 14.8 Å². The maximum Gasteiger partial charge on any atom is 0.255 e. The highest BCUT2D eigenvalue weighted by atomic mass is 16.5. The van der Waals surface area contributed by atoms with E-state index in [0.29, 0.717) is 24.0 Å². The molecule has 0 aromatic carbocycles. The van der Waals surface area contributed by atoms with E-state index in [9.17, 15) is 4.79 Å². The average molecular weight is 317 g/mol. The van der Waals surface area contributed by atoms with Crippen molar-refractivity contribution in [2.45, 2.75) is 25.0 Å².